The van der Waals surface area contributed by atoms with E-state index in [1.807, 2.05) is 43.0 Å². The van der Waals surface area contributed by atoms with Crippen LogP contribution in [0.3, 0.4) is 0 Å². The van der Waals surface area contributed by atoms with E-state index in [4.69, 9.17) is 21.5 Å². The molecule has 202 valence electrons. The summed E-state index contributed by atoms with van der Waals surface area (Å²) in [4.78, 5) is 39.1. The Morgan fingerprint density at radius 1 is 1.08 bits per heavy atom. The molecule has 1 atom stereocenters. The molecule has 0 spiro atoms. The molecule has 1 aromatic rings. The molecule has 0 unspecified atom stereocenters. The zero-order valence-corrected chi connectivity index (χ0v) is 21.8. The molecule has 1 saturated carbocycles. The molecule has 2 aliphatic rings. The van der Waals surface area contributed by atoms with Crippen LogP contribution >= 0.6 is 11.6 Å². The molecular weight excluding hydrogens is 499 g/mol. The maximum absolute atomic E-state index is 13.3. The van der Waals surface area contributed by atoms with Crippen molar-refractivity contribution in [1.82, 2.24) is 10.2 Å². The number of rotatable bonds is 5. The van der Waals surface area contributed by atoms with Crippen LogP contribution in [0, 0.1) is 11.8 Å². The van der Waals surface area contributed by atoms with Gasteiger partial charge in [-0.15, -0.1) is 0 Å². The first-order chi connectivity index (χ1) is 16.6. The number of nitrogens with zero attached hydrogens (tertiary/aromatic N) is 2. The molecule has 0 bridgehead atoms. The summed E-state index contributed by atoms with van der Waals surface area (Å²) in [5.74, 6) is -2.54. The molecule has 1 aliphatic heterocycles. The number of anilines is 1. The summed E-state index contributed by atoms with van der Waals surface area (Å²) in [5, 5.41) is 10.9. The van der Waals surface area contributed by atoms with Crippen molar-refractivity contribution < 1.29 is 32.7 Å². The maximum atomic E-state index is 13.3. The molecule has 1 saturated heterocycles. The fourth-order valence-electron chi connectivity index (χ4n) is 4.61. The number of piperazine rings is 1. The summed E-state index contributed by atoms with van der Waals surface area (Å²) >= 11 is 6.03. The number of halogens is 4. The summed E-state index contributed by atoms with van der Waals surface area (Å²) in [7, 11) is 0. The number of hydrogen-bond donors (Lipinski definition) is 2. The van der Waals surface area contributed by atoms with E-state index >= 15 is 0 Å². The number of carbonyl (C=O) groups is 3. The molecule has 2 fully saturated rings. The van der Waals surface area contributed by atoms with E-state index in [-0.39, 0.29) is 29.2 Å². The topological polar surface area (TPSA) is 90.0 Å². The summed E-state index contributed by atoms with van der Waals surface area (Å²) in [5.41, 5.74) is 0.903. The third kappa shape index (κ3) is 8.01. The van der Waals surface area contributed by atoms with E-state index in [2.05, 4.69) is 24.1 Å². The van der Waals surface area contributed by atoms with E-state index in [1.54, 1.807) is 0 Å². The molecule has 0 radical (unpaired) electrons. The molecule has 36 heavy (non-hydrogen) atoms. The molecule has 0 aromatic heterocycles. The van der Waals surface area contributed by atoms with Crippen LogP contribution in [0.25, 0.3) is 0 Å². The van der Waals surface area contributed by atoms with Gasteiger partial charge in [0.05, 0.1) is 5.54 Å². The first-order valence-corrected chi connectivity index (χ1v) is 12.4. The van der Waals surface area contributed by atoms with Gasteiger partial charge in [-0.2, -0.15) is 13.2 Å². The Balaban J connectivity index is 0.000000572. The van der Waals surface area contributed by atoms with Crippen LogP contribution in [0.2, 0.25) is 5.02 Å². The van der Waals surface area contributed by atoms with Crippen LogP contribution in [-0.4, -0.2) is 65.2 Å². The highest BCUT2D eigenvalue weighted by Gasteiger charge is 2.39. The number of carbonyl (C=O) groups excluding carboxylic acids is 2. The fourth-order valence-corrected chi connectivity index (χ4v) is 4.74. The van der Waals surface area contributed by atoms with Crippen molar-refractivity contribution >= 4 is 35.1 Å². The van der Waals surface area contributed by atoms with Gasteiger partial charge in [-0.1, -0.05) is 38.3 Å². The number of carboxylic acids is 1. The van der Waals surface area contributed by atoms with E-state index in [9.17, 15) is 22.8 Å². The zero-order valence-electron chi connectivity index (χ0n) is 21.1. The van der Waals surface area contributed by atoms with Crippen molar-refractivity contribution in [2.24, 2.45) is 11.8 Å². The Kier molecular flexibility index (Phi) is 10.0. The fraction of sp³-hybridized carbons (Fsp3) is 0.640. The largest absolute Gasteiger partial charge is 0.490 e. The number of hydrogen-bond acceptors (Lipinski definition) is 4. The van der Waals surface area contributed by atoms with Crippen molar-refractivity contribution in [3.8, 4) is 0 Å². The second-order valence-corrected chi connectivity index (χ2v) is 10.7. The molecular formula is C25H35ClF3N3O4. The van der Waals surface area contributed by atoms with Gasteiger partial charge in [-0.25, -0.2) is 4.79 Å². The van der Waals surface area contributed by atoms with Gasteiger partial charge < -0.3 is 20.2 Å². The second kappa shape index (κ2) is 12.2. The van der Waals surface area contributed by atoms with Crippen LogP contribution in [-0.2, 0) is 14.4 Å². The second-order valence-electron chi connectivity index (χ2n) is 10.2. The molecule has 3 rings (SSSR count). The number of alkyl halides is 3. The van der Waals surface area contributed by atoms with Gasteiger partial charge in [-0.3, -0.25) is 9.59 Å². The van der Waals surface area contributed by atoms with Gasteiger partial charge in [0, 0.05) is 36.3 Å². The SMILES string of the molecule is CC(C)[C@@H](NC(=O)C1CCCC1)C(=O)N1CCN(c2ccc(Cl)cc2)C(C)(C)C1.O=C(O)C(F)(F)F. The smallest absolute Gasteiger partial charge is 0.475 e. The Labute approximate surface area is 215 Å². The van der Waals surface area contributed by atoms with E-state index < -0.39 is 18.2 Å². The quantitative estimate of drug-likeness (QED) is 0.571. The molecule has 1 heterocycles. The lowest BCUT2D eigenvalue weighted by Crippen LogP contribution is -2.63. The number of carboxylic acid groups (broad SMARTS) is 1. The van der Waals surface area contributed by atoms with Crippen LogP contribution in [0.15, 0.2) is 24.3 Å². The molecule has 1 aromatic carbocycles. The van der Waals surface area contributed by atoms with Gasteiger partial charge in [-0.05, 0) is 56.9 Å². The van der Waals surface area contributed by atoms with Gasteiger partial charge in [0.15, 0.2) is 0 Å². The number of benzene rings is 1. The van der Waals surface area contributed by atoms with Gasteiger partial charge in [0.1, 0.15) is 6.04 Å². The molecule has 2 N–H and O–H groups in total. The first-order valence-electron chi connectivity index (χ1n) is 12.1. The van der Waals surface area contributed by atoms with E-state index in [1.165, 1.54) is 0 Å². The van der Waals surface area contributed by atoms with Crippen molar-refractivity contribution in [3.63, 3.8) is 0 Å². The highest BCUT2D eigenvalue weighted by Crippen LogP contribution is 2.30. The third-order valence-electron chi connectivity index (χ3n) is 6.55. The molecule has 11 heteroatoms. The zero-order chi connectivity index (χ0) is 27.3. The van der Waals surface area contributed by atoms with E-state index in [0.29, 0.717) is 13.1 Å². The van der Waals surface area contributed by atoms with Crippen molar-refractivity contribution in [3.05, 3.63) is 29.3 Å². The summed E-state index contributed by atoms with van der Waals surface area (Å²) in [6.45, 7) is 10.3. The molecule has 7 nitrogen and oxygen atoms in total. The predicted octanol–water partition coefficient (Wildman–Crippen LogP) is 4.73. The predicted molar refractivity (Wildman–Crippen MR) is 132 cm³/mol. The lowest BCUT2D eigenvalue weighted by molar-refractivity contribution is -0.192. The maximum Gasteiger partial charge on any atom is 0.490 e. The minimum Gasteiger partial charge on any atom is -0.475 e. The lowest BCUT2D eigenvalue weighted by Gasteiger charge is -2.49. The lowest BCUT2D eigenvalue weighted by atomic mass is 9.95. The van der Waals surface area contributed by atoms with Crippen LogP contribution in [0.5, 0.6) is 0 Å². The van der Waals surface area contributed by atoms with Crippen molar-refractivity contribution in [2.75, 3.05) is 24.5 Å². The Bertz CT molecular complexity index is 916. The Morgan fingerprint density at radius 2 is 1.61 bits per heavy atom. The van der Waals surface area contributed by atoms with Gasteiger partial charge in [0.25, 0.3) is 0 Å². The Morgan fingerprint density at radius 3 is 2.06 bits per heavy atom. The first kappa shape index (κ1) is 29.7. The number of nitrogens with one attached hydrogen (secondary N) is 1. The summed E-state index contributed by atoms with van der Waals surface area (Å²) in [6, 6.07) is 7.40. The Hall–Kier alpha value is -2.49. The minimum absolute atomic E-state index is 0.0372. The number of amides is 2. The minimum atomic E-state index is -5.08. The van der Waals surface area contributed by atoms with Gasteiger partial charge >= 0.3 is 12.1 Å². The van der Waals surface area contributed by atoms with Crippen LogP contribution in [0.1, 0.15) is 53.4 Å². The molecule has 1 aliphatic carbocycles. The van der Waals surface area contributed by atoms with E-state index in [0.717, 1.165) is 42.9 Å². The summed E-state index contributed by atoms with van der Waals surface area (Å²) < 4.78 is 31.7. The van der Waals surface area contributed by atoms with Crippen molar-refractivity contribution in [2.45, 2.75) is 71.1 Å². The summed E-state index contributed by atoms with van der Waals surface area (Å²) in [6.07, 6.45) is -0.978. The van der Waals surface area contributed by atoms with Crippen molar-refractivity contribution in [1.29, 1.82) is 0 Å². The normalized spacial score (nSPS) is 18.9. The number of aliphatic carboxylic acids is 1. The monoisotopic (exact) mass is 533 g/mol. The van der Waals surface area contributed by atoms with Gasteiger partial charge in [0.2, 0.25) is 11.8 Å². The highest BCUT2D eigenvalue weighted by atomic mass is 35.5. The average molecular weight is 534 g/mol. The molecule has 2 amide bonds. The van der Waals surface area contributed by atoms with Crippen LogP contribution < -0.4 is 10.2 Å². The van der Waals surface area contributed by atoms with Crippen LogP contribution in [0.4, 0.5) is 18.9 Å². The highest BCUT2D eigenvalue weighted by molar-refractivity contribution is 6.30. The third-order valence-corrected chi connectivity index (χ3v) is 6.80. The standard InChI is InChI=1S/C23H34ClN3O2.C2HF3O2/c1-16(2)20(25-21(28)17-7-5-6-8-17)22(29)26-13-14-27(23(3,4)15-26)19-11-9-18(24)10-12-19;3-2(4,5)1(6)7/h9-12,16-17,20H,5-8,13-15H2,1-4H3,(H,25,28);(H,6,7)/t20-;/m1./s1. The average Bonchev–Trinajstić information content (AvgIpc) is 3.32.